The number of hydrogen-bond acceptors (Lipinski definition) is 4. The van der Waals surface area contributed by atoms with Crippen molar-refractivity contribution in [3.05, 3.63) is 58.1 Å². The first-order chi connectivity index (χ1) is 15.3. The molecule has 170 valence electrons. The van der Waals surface area contributed by atoms with E-state index in [0.717, 1.165) is 30.4 Å². The predicted molar refractivity (Wildman–Crippen MR) is 134 cm³/mol. The molecule has 32 heavy (non-hydrogen) atoms. The zero-order chi connectivity index (χ0) is 23.1. The molecule has 1 fully saturated rings. The lowest BCUT2D eigenvalue weighted by molar-refractivity contribution is 0.0724. The van der Waals surface area contributed by atoms with Crippen LogP contribution in [0.3, 0.4) is 0 Å². The number of hydrogen-bond donors (Lipinski definition) is 2. The third kappa shape index (κ3) is 6.77. The average Bonchev–Trinajstić information content (AvgIpc) is 2.78. The van der Waals surface area contributed by atoms with Gasteiger partial charge in [-0.3, -0.25) is 14.9 Å². The van der Waals surface area contributed by atoms with E-state index in [1.54, 1.807) is 36.4 Å². The zero-order valence-electron chi connectivity index (χ0n) is 18.3. The Morgan fingerprint density at radius 2 is 1.78 bits per heavy atom. The second-order valence-corrected chi connectivity index (χ2v) is 9.51. The summed E-state index contributed by atoms with van der Waals surface area (Å²) >= 11 is 8.71. The lowest BCUT2D eigenvalue weighted by Gasteiger charge is -2.26. The summed E-state index contributed by atoms with van der Waals surface area (Å²) in [5, 5.41) is 5.86. The van der Waals surface area contributed by atoms with Gasteiger partial charge in [0.25, 0.3) is 11.8 Å². The Hall–Kier alpha value is -2.45. The van der Waals surface area contributed by atoms with E-state index >= 15 is 0 Å². The summed E-state index contributed by atoms with van der Waals surface area (Å²) in [7, 11) is 0. The summed E-state index contributed by atoms with van der Waals surface area (Å²) < 4.78 is 6.55. The van der Waals surface area contributed by atoms with Crippen LogP contribution in [0.1, 0.15) is 53.8 Å². The fraction of sp³-hybridized carbons (Fsp3) is 0.375. The Balaban J connectivity index is 1.60. The molecule has 0 spiro atoms. The van der Waals surface area contributed by atoms with Crippen LogP contribution in [-0.2, 0) is 0 Å². The van der Waals surface area contributed by atoms with Crippen LogP contribution in [0.5, 0.6) is 5.75 Å². The van der Waals surface area contributed by atoms with Crippen LogP contribution in [-0.4, -0.2) is 41.5 Å². The molecule has 0 aliphatic carbocycles. The quantitative estimate of drug-likeness (QED) is 0.512. The van der Waals surface area contributed by atoms with Gasteiger partial charge < -0.3 is 15.0 Å². The number of halogens is 1. The standard InChI is InChI=1S/C24H28BrN3O3S/c1-16(2)15-31-21-11-8-18(25)14-20(21)22(29)27-24(32)26-19-9-6-17(7-10-19)23(30)28-12-4-3-5-13-28/h6-11,14,16H,3-5,12-13,15H2,1-2H3,(H2,26,27,29,32). The molecule has 0 radical (unpaired) electrons. The van der Waals surface area contributed by atoms with Crippen LogP contribution in [0.4, 0.5) is 5.69 Å². The van der Waals surface area contributed by atoms with Gasteiger partial charge in [-0.05, 0) is 79.9 Å². The first kappa shape index (κ1) is 24.2. The molecule has 0 unspecified atom stereocenters. The van der Waals surface area contributed by atoms with Crippen LogP contribution in [0, 0.1) is 5.92 Å². The van der Waals surface area contributed by atoms with Gasteiger partial charge in [-0.15, -0.1) is 0 Å². The maximum absolute atomic E-state index is 12.8. The fourth-order valence-corrected chi connectivity index (χ4v) is 3.94. The maximum atomic E-state index is 12.8. The van der Waals surface area contributed by atoms with E-state index in [1.807, 2.05) is 24.8 Å². The third-order valence-corrected chi connectivity index (χ3v) is 5.72. The summed E-state index contributed by atoms with van der Waals surface area (Å²) in [6.07, 6.45) is 3.30. The van der Waals surface area contributed by atoms with Crippen molar-refractivity contribution in [2.75, 3.05) is 25.0 Å². The number of amides is 2. The molecular weight excluding hydrogens is 490 g/mol. The number of nitrogens with zero attached hydrogens (tertiary/aromatic N) is 1. The highest BCUT2D eigenvalue weighted by Crippen LogP contribution is 2.24. The molecule has 2 aromatic rings. The summed E-state index contributed by atoms with van der Waals surface area (Å²) in [5.74, 6) is 0.528. The molecule has 6 nitrogen and oxygen atoms in total. The Labute approximate surface area is 202 Å². The Morgan fingerprint density at radius 3 is 2.44 bits per heavy atom. The SMILES string of the molecule is CC(C)COc1ccc(Br)cc1C(=O)NC(=S)Nc1ccc(C(=O)N2CCCCC2)cc1. The molecule has 0 saturated carbocycles. The average molecular weight is 518 g/mol. The molecule has 0 aromatic heterocycles. The lowest BCUT2D eigenvalue weighted by Crippen LogP contribution is -2.35. The highest BCUT2D eigenvalue weighted by atomic mass is 79.9. The highest BCUT2D eigenvalue weighted by molar-refractivity contribution is 9.10. The van der Waals surface area contributed by atoms with Gasteiger partial charge >= 0.3 is 0 Å². The van der Waals surface area contributed by atoms with Crippen LogP contribution in [0.25, 0.3) is 0 Å². The second kappa shape index (κ2) is 11.4. The van der Waals surface area contributed by atoms with Gasteiger partial charge in [0, 0.05) is 28.8 Å². The number of carbonyl (C=O) groups is 2. The van der Waals surface area contributed by atoms with Crippen molar-refractivity contribution in [3.63, 3.8) is 0 Å². The number of benzene rings is 2. The zero-order valence-corrected chi connectivity index (χ0v) is 20.7. The first-order valence-electron chi connectivity index (χ1n) is 10.8. The van der Waals surface area contributed by atoms with Gasteiger partial charge in [0.15, 0.2) is 5.11 Å². The predicted octanol–water partition coefficient (Wildman–Crippen LogP) is 5.24. The molecule has 2 amide bonds. The van der Waals surface area contributed by atoms with Crippen molar-refractivity contribution < 1.29 is 14.3 Å². The van der Waals surface area contributed by atoms with E-state index in [4.69, 9.17) is 17.0 Å². The minimum atomic E-state index is -0.362. The van der Waals surface area contributed by atoms with Crippen molar-refractivity contribution in [2.45, 2.75) is 33.1 Å². The van der Waals surface area contributed by atoms with Gasteiger partial charge in [-0.25, -0.2) is 0 Å². The number of likely N-dealkylation sites (tertiary alicyclic amines) is 1. The third-order valence-electron chi connectivity index (χ3n) is 5.02. The topological polar surface area (TPSA) is 70.7 Å². The van der Waals surface area contributed by atoms with Gasteiger partial charge in [0.05, 0.1) is 12.2 Å². The Bertz CT molecular complexity index is 973. The largest absolute Gasteiger partial charge is 0.492 e. The number of carbonyl (C=O) groups excluding carboxylic acids is 2. The van der Waals surface area contributed by atoms with Crippen molar-refractivity contribution in [2.24, 2.45) is 5.92 Å². The molecule has 8 heteroatoms. The Morgan fingerprint density at radius 1 is 1.09 bits per heavy atom. The number of anilines is 1. The van der Waals surface area contributed by atoms with Crippen LogP contribution >= 0.6 is 28.1 Å². The van der Waals surface area contributed by atoms with E-state index in [2.05, 4.69) is 26.6 Å². The molecule has 3 rings (SSSR count). The monoisotopic (exact) mass is 517 g/mol. The molecule has 2 N–H and O–H groups in total. The first-order valence-corrected chi connectivity index (χ1v) is 12.0. The number of thiocarbonyl (C=S) groups is 1. The number of rotatable bonds is 6. The van der Waals surface area contributed by atoms with Crippen LogP contribution in [0.15, 0.2) is 46.9 Å². The molecule has 1 heterocycles. The fourth-order valence-electron chi connectivity index (χ4n) is 3.37. The maximum Gasteiger partial charge on any atom is 0.261 e. The van der Waals surface area contributed by atoms with Gasteiger partial charge in [0.2, 0.25) is 0 Å². The minimum Gasteiger partial charge on any atom is -0.492 e. The lowest BCUT2D eigenvalue weighted by atomic mass is 10.1. The molecule has 1 aliphatic heterocycles. The van der Waals surface area contributed by atoms with Gasteiger partial charge in [-0.2, -0.15) is 0 Å². The van der Waals surface area contributed by atoms with Gasteiger partial charge in [0.1, 0.15) is 5.75 Å². The molecule has 1 saturated heterocycles. The highest BCUT2D eigenvalue weighted by Gasteiger charge is 2.18. The van der Waals surface area contributed by atoms with Crippen LogP contribution < -0.4 is 15.4 Å². The molecule has 0 atom stereocenters. The number of ether oxygens (including phenoxy) is 1. The van der Waals surface area contributed by atoms with E-state index in [0.29, 0.717) is 35.1 Å². The van der Waals surface area contributed by atoms with Gasteiger partial charge in [-0.1, -0.05) is 29.8 Å². The van der Waals surface area contributed by atoms with E-state index < -0.39 is 0 Å². The smallest absolute Gasteiger partial charge is 0.261 e. The summed E-state index contributed by atoms with van der Waals surface area (Å²) in [6, 6.07) is 12.4. The van der Waals surface area contributed by atoms with Crippen molar-refractivity contribution in [1.29, 1.82) is 0 Å². The van der Waals surface area contributed by atoms with E-state index in [9.17, 15) is 9.59 Å². The molecular formula is C24H28BrN3O3S. The normalized spacial score (nSPS) is 13.6. The van der Waals surface area contributed by atoms with E-state index in [1.165, 1.54) is 6.42 Å². The van der Waals surface area contributed by atoms with Crippen molar-refractivity contribution in [1.82, 2.24) is 10.2 Å². The molecule has 1 aliphatic rings. The molecule has 2 aromatic carbocycles. The summed E-state index contributed by atoms with van der Waals surface area (Å²) in [4.78, 5) is 27.3. The minimum absolute atomic E-state index is 0.0516. The molecule has 0 bridgehead atoms. The van der Waals surface area contributed by atoms with E-state index in [-0.39, 0.29) is 16.9 Å². The van der Waals surface area contributed by atoms with Crippen LogP contribution in [0.2, 0.25) is 0 Å². The van der Waals surface area contributed by atoms with Crippen molar-refractivity contribution >= 4 is 50.8 Å². The number of nitrogens with one attached hydrogen (secondary N) is 2. The number of piperidine rings is 1. The summed E-state index contributed by atoms with van der Waals surface area (Å²) in [6.45, 7) is 6.22. The van der Waals surface area contributed by atoms with Crippen molar-refractivity contribution in [3.8, 4) is 5.75 Å². The second-order valence-electron chi connectivity index (χ2n) is 8.18. The Kier molecular flexibility index (Phi) is 8.64. The summed E-state index contributed by atoms with van der Waals surface area (Å²) in [5.41, 5.74) is 1.73.